The predicted molar refractivity (Wildman–Crippen MR) is 143 cm³/mol. The molecule has 1 N–H and O–H groups in total. The van der Waals surface area contributed by atoms with Crippen LogP contribution >= 0.6 is 61.1 Å². The molecule has 10 heteroatoms. The van der Waals surface area contributed by atoms with Crippen LogP contribution in [0.25, 0.3) is 0 Å². The van der Waals surface area contributed by atoms with Crippen LogP contribution in [0.15, 0.2) is 70.2 Å². The van der Waals surface area contributed by atoms with Crippen LogP contribution in [-0.2, 0) is 17.8 Å². The lowest BCUT2D eigenvalue weighted by atomic mass is 10.1. The van der Waals surface area contributed by atoms with Crippen molar-refractivity contribution in [2.45, 2.75) is 13.0 Å². The van der Waals surface area contributed by atoms with Gasteiger partial charge in [-0.15, -0.1) is 0 Å². The van der Waals surface area contributed by atoms with Gasteiger partial charge in [-0.3, -0.25) is 14.9 Å². The van der Waals surface area contributed by atoms with E-state index in [1.165, 1.54) is 12.1 Å². The van der Waals surface area contributed by atoms with Crippen molar-refractivity contribution in [2.75, 3.05) is 0 Å². The van der Waals surface area contributed by atoms with Crippen molar-refractivity contribution in [3.05, 3.63) is 99.1 Å². The molecule has 0 heterocycles. The molecule has 0 saturated carbocycles. The smallest absolute Gasteiger partial charge is 0.269 e. The van der Waals surface area contributed by atoms with Crippen LogP contribution in [0.1, 0.15) is 16.7 Å². The molecule has 0 aliphatic rings. The van der Waals surface area contributed by atoms with Crippen LogP contribution in [0.4, 0.5) is 5.69 Å². The summed E-state index contributed by atoms with van der Waals surface area (Å²) in [6.45, 7) is 0.295. The predicted octanol–water partition coefficient (Wildman–Crippen LogP) is 5.84. The first kappa shape index (κ1) is 24.6. The van der Waals surface area contributed by atoms with E-state index in [9.17, 15) is 14.9 Å². The van der Waals surface area contributed by atoms with Gasteiger partial charge in [0, 0.05) is 16.6 Å². The third-order valence-electron chi connectivity index (χ3n) is 4.23. The van der Waals surface area contributed by atoms with E-state index >= 15 is 0 Å². The second kappa shape index (κ2) is 11.7. The summed E-state index contributed by atoms with van der Waals surface area (Å²) in [6, 6.07) is 17.6. The number of nitro benzene ring substituents is 1. The number of nitrogens with zero attached hydrogens (tertiary/aromatic N) is 2. The molecule has 1 amide bonds. The van der Waals surface area contributed by atoms with Gasteiger partial charge in [0.2, 0.25) is 5.91 Å². The van der Waals surface area contributed by atoms with Crippen LogP contribution in [0.3, 0.4) is 0 Å². The fourth-order valence-electron chi connectivity index (χ4n) is 2.67. The summed E-state index contributed by atoms with van der Waals surface area (Å²) < 4.78 is 8.66. The summed E-state index contributed by atoms with van der Waals surface area (Å²) in [6.07, 6.45) is 1.83. The molecular weight excluding hydrogens is 704 g/mol. The Bertz CT molecular complexity index is 1130. The molecule has 164 valence electrons. The summed E-state index contributed by atoms with van der Waals surface area (Å²) in [7, 11) is 0. The Morgan fingerprint density at radius 3 is 2.25 bits per heavy atom. The van der Waals surface area contributed by atoms with Crippen LogP contribution < -0.4 is 10.2 Å². The molecule has 3 rings (SSSR count). The number of hydrogen-bond acceptors (Lipinski definition) is 5. The Morgan fingerprint density at radius 1 is 1.06 bits per heavy atom. The first-order valence-electron chi connectivity index (χ1n) is 9.23. The molecule has 3 aromatic rings. The van der Waals surface area contributed by atoms with E-state index < -0.39 is 4.92 Å². The normalized spacial score (nSPS) is 10.8. The van der Waals surface area contributed by atoms with Gasteiger partial charge in [0.25, 0.3) is 5.69 Å². The lowest BCUT2D eigenvalue weighted by Crippen LogP contribution is -2.19. The van der Waals surface area contributed by atoms with E-state index in [1.54, 1.807) is 18.3 Å². The minimum Gasteiger partial charge on any atom is -0.487 e. The Morgan fingerprint density at radius 2 is 1.66 bits per heavy atom. The third kappa shape index (κ3) is 7.24. The van der Waals surface area contributed by atoms with Gasteiger partial charge in [-0.05, 0) is 98.3 Å². The van der Waals surface area contributed by atoms with Crippen LogP contribution in [0, 0.1) is 17.3 Å². The number of rotatable bonds is 8. The van der Waals surface area contributed by atoms with Crippen molar-refractivity contribution >= 4 is 78.9 Å². The highest BCUT2D eigenvalue weighted by atomic mass is 127. The Labute approximate surface area is 220 Å². The second-order valence-electron chi connectivity index (χ2n) is 6.62. The number of hydrogen-bond donors (Lipinski definition) is 1. The molecule has 0 unspecified atom stereocenters. The van der Waals surface area contributed by atoms with Crippen LogP contribution in [0.2, 0.25) is 0 Å². The minimum absolute atomic E-state index is 0.0467. The second-order valence-corrected chi connectivity index (χ2v) is 9.86. The average molecular weight is 720 g/mol. The van der Waals surface area contributed by atoms with Crippen LogP contribution in [-0.4, -0.2) is 17.0 Å². The number of benzene rings is 3. The number of nitrogens with one attached hydrogen (secondary N) is 1. The van der Waals surface area contributed by atoms with Crippen molar-refractivity contribution in [3.8, 4) is 5.75 Å². The molecule has 0 radical (unpaired) electrons. The summed E-state index contributed by atoms with van der Waals surface area (Å²) in [5.41, 5.74) is 5.15. The largest absolute Gasteiger partial charge is 0.487 e. The van der Waals surface area contributed by atoms with Gasteiger partial charge >= 0.3 is 0 Å². The third-order valence-corrected chi connectivity index (χ3v) is 6.36. The van der Waals surface area contributed by atoms with Gasteiger partial charge in [0.1, 0.15) is 12.4 Å². The molecule has 0 aliphatic heterocycles. The van der Waals surface area contributed by atoms with Gasteiger partial charge in [-0.2, -0.15) is 5.10 Å². The summed E-state index contributed by atoms with van der Waals surface area (Å²) >= 11 is 7.73. The quantitative estimate of drug-likeness (QED) is 0.137. The highest BCUT2D eigenvalue weighted by Crippen LogP contribution is 2.29. The minimum atomic E-state index is -0.431. The van der Waals surface area contributed by atoms with Crippen molar-refractivity contribution in [1.29, 1.82) is 0 Å². The average Bonchev–Trinajstić information content (AvgIpc) is 2.75. The molecule has 7 nitrogen and oxygen atoms in total. The fourth-order valence-corrected chi connectivity index (χ4v) is 5.06. The topological polar surface area (TPSA) is 93.8 Å². The van der Waals surface area contributed by atoms with Gasteiger partial charge < -0.3 is 4.74 Å². The molecule has 0 spiro atoms. The number of hydrazone groups is 1. The van der Waals surface area contributed by atoms with Crippen LogP contribution in [0.5, 0.6) is 5.75 Å². The van der Waals surface area contributed by atoms with E-state index in [0.29, 0.717) is 6.61 Å². The van der Waals surface area contributed by atoms with E-state index in [2.05, 4.69) is 71.6 Å². The zero-order valence-corrected chi connectivity index (χ0v) is 22.3. The number of amides is 1. The maximum atomic E-state index is 12.1. The SMILES string of the molecule is O=C(Cc1ccc(Br)cc1)N/N=C/c1cc(I)c(OCc2ccc([N+](=O)[O-])cc2)c(I)c1. The number of carbonyl (C=O) groups excluding carboxylic acids is 1. The zero-order valence-electron chi connectivity index (χ0n) is 16.4. The van der Waals surface area contributed by atoms with Crippen molar-refractivity contribution < 1.29 is 14.5 Å². The standard InChI is InChI=1S/C22H16BrI2N3O4/c23-17-5-1-14(2-6-17)11-21(29)27-26-12-16-9-19(24)22(20(25)10-16)32-13-15-3-7-18(8-4-15)28(30)31/h1-10,12H,11,13H2,(H,27,29)/b26-12+. The molecular formula is C22H16BrI2N3O4. The van der Waals surface area contributed by atoms with E-state index in [0.717, 1.165) is 34.1 Å². The number of nitro groups is 1. The molecule has 32 heavy (non-hydrogen) atoms. The molecule has 0 fully saturated rings. The zero-order chi connectivity index (χ0) is 23.1. The molecule has 3 aromatic carbocycles. The summed E-state index contributed by atoms with van der Waals surface area (Å²) in [5, 5.41) is 14.8. The van der Waals surface area contributed by atoms with Crippen molar-refractivity contribution in [3.63, 3.8) is 0 Å². The van der Waals surface area contributed by atoms with Crippen molar-refractivity contribution in [2.24, 2.45) is 5.10 Å². The first-order valence-corrected chi connectivity index (χ1v) is 12.2. The number of carbonyl (C=O) groups is 1. The lowest BCUT2D eigenvalue weighted by Gasteiger charge is -2.11. The highest BCUT2D eigenvalue weighted by Gasteiger charge is 2.10. The van der Waals surface area contributed by atoms with Gasteiger partial charge in [0.15, 0.2) is 0 Å². The molecule has 0 saturated heterocycles. The first-order chi connectivity index (χ1) is 15.3. The number of halogens is 3. The molecule has 0 aliphatic carbocycles. The Balaban J connectivity index is 1.57. The maximum Gasteiger partial charge on any atom is 0.269 e. The van der Waals surface area contributed by atoms with Gasteiger partial charge in [-0.1, -0.05) is 28.1 Å². The van der Waals surface area contributed by atoms with Gasteiger partial charge in [0.05, 0.1) is 24.7 Å². The van der Waals surface area contributed by atoms with Crippen molar-refractivity contribution in [1.82, 2.24) is 5.43 Å². The number of non-ortho nitro benzene ring substituents is 1. The summed E-state index contributed by atoms with van der Waals surface area (Å²) in [5.74, 6) is 0.525. The highest BCUT2D eigenvalue weighted by molar-refractivity contribution is 14.1. The molecule has 0 aromatic heterocycles. The van der Waals surface area contributed by atoms with Gasteiger partial charge in [-0.25, -0.2) is 5.43 Å². The van der Waals surface area contributed by atoms with E-state index in [-0.39, 0.29) is 18.0 Å². The summed E-state index contributed by atoms with van der Waals surface area (Å²) in [4.78, 5) is 22.4. The fraction of sp³-hybridized carbons (Fsp3) is 0.0909. The lowest BCUT2D eigenvalue weighted by molar-refractivity contribution is -0.384. The molecule has 0 atom stereocenters. The Hall–Kier alpha value is -2.06. The van der Waals surface area contributed by atoms with E-state index in [4.69, 9.17) is 4.74 Å². The molecule has 0 bridgehead atoms. The van der Waals surface area contributed by atoms with E-state index in [1.807, 2.05) is 36.4 Å². The Kier molecular flexibility index (Phi) is 8.99. The number of ether oxygens (including phenoxy) is 1. The monoisotopic (exact) mass is 719 g/mol. The maximum absolute atomic E-state index is 12.1.